The normalized spacial score (nSPS) is 19.3. The van der Waals surface area contributed by atoms with Crippen LogP contribution in [0.1, 0.15) is 28.2 Å². The first-order valence-electron chi connectivity index (χ1n) is 9.23. The Morgan fingerprint density at radius 1 is 0.962 bits per heavy atom. The van der Waals surface area contributed by atoms with Crippen LogP contribution in [0.3, 0.4) is 0 Å². The second-order valence-electron chi connectivity index (χ2n) is 7.38. The number of anilines is 1. The van der Waals surface area contributed by atoms with Crippen LogP contribution in [0.2, 0.25) is 5.02 Å². The molecule has 0 aromatic heterocycles. The number of benzene rings is 3. The largest absolute Gasteiger partial charge is 0.374 e. The zero-order valence-corrected chi connectivity index (χ0v) is 16.1. The summed E-state index contributed by atoms with van der Waals surface area (Å²) in [5.74, 6) is 0.913. The smallest absolute Gasteiger partial charge is 0.0455 e. The molecular formula is C24H24ClN. The lowest BCUT2D eigenvalue weighted by molar-refractivity contribution is 0.447. The van der Waals surface area contributed by atoms with Gasteiger partial charge in [0.25, 0.3) is 0 Å². The molecule has 2 heteroatoms. The van der Waals surface area contributed by atoms with Gasteiger partial charge >= 0.3 is 0 Å². The minimum absolute atomic E-state index is 0.388. The van der Waals surface area contributed by atoms with Crippen molar-refractivity contribution in [1.29, 1.82) is 0 Å². The van der Waals surface area contributed by atoms with Gasteiger partial charge in [0.05, 0.1) is 0 Å². The van der Waals surface area contributed by atoms with Crippen LogP contribution >= 0.6 is 11.6 Å². The highest BCUT2D eigenvalue weighted by Crippen LogP contribution is 2.45. The first kappa shape index (κ1) is 17.2. The van der Waals surface area contributed by atoms with Gasteiger partial charge in [0, 0.05) is 30.2 Å². The van der Waals surface area contributed by atoms with Gasteiger partial charge in [-0.05, 0) is 47.6 Å². The number of hydrogen-bond donors (Lipinski definition) is 0. The second-order valence-corrected chi connectivity index (χ2v) is 7.79. The molecule has 1 aliphatic rings. The first-order chi connectivity index (χ1) is 12.6. The molecule has 0 radical (unpaired) electrons. The van der Waals surface area contributed by atoms with Gasteiger partial charge in [-0.25, -0.2) is 0 Å². The highest BCUT2D eigenvalue weighted by molar-refractivity contribution is 6.31. The Hall–Kier alpha value is -2.25. The summed E-state index contributed by atoms with van der Waals surface area (Å²) in [5.41, 5.74) is 6.61. The zero-order chi connectivity index (χ0) is 18.1. The van der Waals surface area contributed by atoms with Gasteiger partial charge in [0.15, 0.2) is 0 Å². The SMILES string of the molecule is Cc1cc2c(cc1Cl)N(C)CC(Cc1ccccc1)C2c1ccccc1. The van der Waals surface area contributed by atoms with Gasteiger partial charge in [0.2, 0.25) is 0 Å². The predicted molar refractivity (Wildman–Crippen MR) is 111 cm³/mol. The van der Waals surface area contributed by atoms with E-state index in [-0.39, 0.29) is 0 Å². The Morgan fingerprint density at radius 2 is 1.62 bits per heavy atom. The maximum Gasteiger partial charge on any atom is 0.0455 e. The van der Waals surface area contributed by atoms with Crippen molar-refractivity contribution in [3.05, 3.63) is 100 Å². The van der Waals surface area contributed by atoms with Crippen LogP contribution < -0.4 is 4.90 Å². The van der Waals surface area contributed by atoms with Crippen molar-refractivity contribution in [3.8, 4) is 0 Å². The van der Waals surface area contributed by atoms with Gasteiger partial charge < -0.3 is 4.90 Å². The lowest BCUT2D eigenvalue weighted by Crippen LogP contribution is -2.37. The minimum atomic E-state index is 0.388. The molecule has 26 heavy (non-hydrogen) atoms. The number of nitrogens with zero attached hydrogens (tertiary/aromatic N) is 1. The molecule has 0 spiro atoms. The summed E-state index contributed by atoms with van der Waals surface area (Å²) in [6.07, 6.45) is 1.08. The van der Waals surface area contributed by atoms with Crippen LogP contribution in [0, 0.1) is 12.8 Å². The average molecular weight is 362 g/mol. The number of aryl methyl sites for hydroxylation is 1. The molecule has 0 N–H and O–H groups in total. The third-order valence-electron chi connectivity index (χ3n) is 5.53. The molecule has 2 atom stereocenters. The maximum absolute atomic E-state index is 6.44. The molecule has 0 amide bonds. The molecule has 0 aliphatic carbocycles. The standard InChI is InChI=1S/C24H24ClN/c1-17-13-21-23(15-22(17)25)26(2)16-20(14-18-9-5-3-6-10-18)24(21)19-11-7-4-8-12-19/h3-13,15,20,24H,14,16H2,1-2H3. The lowest BCUT2D eigenvalue weighted by atomic mass is 9.74. The van der Waals surface area contributed by atoms with Crippen LogP contribution in [-0.2, 0) is 6.42 Å². The topological polar surface area (TPSA) is 3.24 Å². The molecule has 0 saturated heterocycles. The van der Waals surface area contributed by atoms with Crippen molar-refractivity contribution < 1.29 is 0 Å². The maximum atomic E-state index is 6.44. The van der Waals surface area contributed by atoms with Gasteiger partial charge in [-0.3, -0.25) is 0 Å². The minimum Gasteiger partial charge on any atom is -0.374 e. The Bertz CT molecular complexity index is 889. The summed E-state index contributed by atoms with van der Waals surface area (Å²) in [4.78, 5) is 2.37. The third-order valence-corrected chi connectivity index (χ3v) is 5.94. The Kier molecular flexibility index (Phi) is 4.74. The van der Waals surface area contributed by atoms with E-state index in [1.54, 1.807) is 0 Å². The highest BCUT2D eigenvalue weighted by Gasteiger charge is 2.33. The van der Waals surface area contributed by atoms with E-state index in [9.17, 15) is 0 Å². The molecule has 0 bridgehead atoms. The van der Waals surface area contributed by atoms with Crippen LogP contribution in [0.5, 0.6) is 0 Å². The van der Waals surface area contributed by atoms with E-state index in [4.69, 9.17) is 11.6 Å². The fourth-order valence-electron chi connectivity index (χ4n) is 4.29. The van der Waals surface area contributed by atoms with E-state index >= 15 is 0 Å². The molecule has 3 aromatic carbocycles. The molecular weight excluding hydrogens is 338 g/mol. The van der Waals surface area contributed by atoms with Crippen LogP contribution in [0.4, 0.5) is 5.69 Å². The summed E-state index contributed by atoms with van der Waals surface area (Å²) in [6, 6.07) is 26.2. The van der Waals surface area contributed by atoms with Crippen molar-refractivity contribution in [3.63, 3.8) is 0 Å². The quantitative estimate of drug-likeness (QED) is 0.545. The van der Waals surface area contributed by atoms with E-state index in [0.29, 0.717) is 11.8 Å². The number of rotatable bonds is 3. The molecule has 3 aromatic rings. The van der Waals surface area contributed by atoms with Gasteiger partial charge in [0.1, 0.15) is 0 Å². The number of fused-ring (bicyclic) bond motifs is 1. The van der Waals surface area contributed by atoms with Crippen molar-refractivity contribution >= 4 is 17.3 Å². The van der Waals surface area contributed by atoms with Crippen molar-refractivity contribution in [2.75, 3.05) is 18.5 Å². The number of halogens is 1. The monoisotopic (exact) mass is 361 g/mol. The molecule has 2 unspecified atom stereocenters. The Balaban J connectivity index is 1.82. The van der Waals surface area contributed by atoms with Gasteiger partial charge in [-0.2, -0.15) is 0 Å². The first-order valence-corrected chi connectivity index (χ1v) is 9.61. The van der Waals surface area contributed by atoms with Gasteiger partial charge in [-0.1, -0.05) is 78.3 Å². The fourth-order valence-corrected chi connectivity index (χ4v) is 4.45. The average Bonchev–Trinajstić information content (AvgIpc) is 2.65. The van der Waals surface area contributed by atoms with Gasteiger partial charge in [-0.15, -0.1) is 0 Å². The molecule has 1 aliphatic heterocycles. The summed E-state index contributed by atoms with van der Waals surface area (Å²) < 4.78 is 0. The Morgan fingerprint density at radius 3 is 2.31 bits per heavy atom. The van der Waals surface area contributed by atoms with Crippen LogP contribution in [0.15, 0.2) is 72.8 Å². The lowest BCUT2D eigenvalue weighted by Gasteiger charge is -2.40. The van der Waals surface area contributed by atoms with Crippen molar-refractivity contribution in [2.45, 2.75) is 19.3 Å². The van der Waals surface area contributed by atoms with Crippen molar-refractivity contribution in [1.82, 2.24) is 0 Å². The highest BCUT2D eigenvalue weighted by atomic mass is 35.5. The molecule has 4 rings (SSSR count). The van der Waals surface area contributed by atoms with E-state index in [0.717, 1.165) is 23.6 Å². The predicted octanol–water partition coefficient (Wildman–Crippen LogP) is 6.09. The second kappa shape index (κ2) is 7.17. The summed E-state index contributed by atoms with van der Waals surface area (Å²) >= 11 is 6.44. The Labute approximate surface area is 161 Å². The summed E-state index contributed by atoms with van der Waals surface area (Å²) in [5, 5.41) is 0.851. The van der Waals surface area contributed by atoms with Crippen molar-refractivity contribution in [2.24, 2.45) is 5.92 Å². The van der Waals surface area contributed by atoms with Crippen LogP contribution in [-0.4, -0.2) is 13.6 Å². The molecule has 1 nitrogen and oxygen atoms in total. The van der Waals surface area contributed by atoms with E-state index in [1.165, 1.54) is 22.4 Å². The summed E-state index contributed by atoms with van der Waals surface area (Å²) in [6.45, 7) is 3.13. The molecule has 132 valence electrons. The van der Waals surface area contributed by atoms with E-state index in [2.05, 4.69) is 91.7 Å². The van der Waals surface area contributed by atoms with Crippen LogP contribution in [0.25, 0.3) is 0 Å². The fraction of sp³-hybridized carbons (Fsp3) is 0.250. The number of hydrogen-bond acceptors (Lipinski definition) is 1. The molecule has 0 saturated carbocycles. The zero-order valence-electron chi connectivity index (χ0n) is 15.3. The summed E-state index contributed by atoms with van der Waals surface area (Å²) in [7, 11) is 2.18. The van der Waals surface area contributed by atoms with E-state index in [1.807, 2.05) is 0 Å². The molecule has 1 heterocycles. The van der Waals surface area contributed by atoms with E-state index < -0.39 is 0 Å². The third kappa shape index (κ3) is 3.24. The molecule has 0 fully saturated rings.